The number of fused-ring (bicyclic) bond motifs is 9. The topological polar surface area (TPSA) is 47.1 Å². The van der Waals surface area contributed by atoms with E-state index < -0.39 is 8.07 Å². The molecule has 10 aromatic rings. The number of furan rings is 1. The van der Waals surface area contributed by atoms with Crippen LogP contribution in [0.4, 0.5) is 11.4 Å². The summed E-state index contributed by atoms with van der Waals surface area (Å²) in [6.45, 7) is 0. The van der Waals surface area contributed by atoms with Gasteiger partial charge in [0.2, 0.25) is 8.07 Å². The van der Waals surface area contributed by atoms with E-state index in [0.717, 1.165) is 55.0 Å². The molecular formula is C52H36N4OSi. The second kappa shape index (κ2) is 12.9. The number of hydrogen-bond acceptors (Lipinski definition) is 4. The smallest absolute Gasteiger partial charge is 0.223 e. The zero-order valence-corrected chi connectivity index (χ0v) is 32.5. The highest BCUT2D eigenvalue weighted by Crippen LogP contribution is 2.47. The fraction of sp³-hybridized carbons (Fsp3) is 0.0385. The lowest BCUT2D eigenvalue weighted by Crippen LogP contribution is -2.76. The van der Waals surface area contributed by atoms with E-state index in [9.17, 15) is 0 Å². The maximum absolute atomic E-state index is 6.47. The lowest BCUT2D eigenvalue weighted by molar-refractivity contribution is 0.669. The molecule has 5 heterocycles. The third kappa shape index (κ3) is 4.76. The molecule has 0 bridgehead atoms. The van der Waals surface area contributed by atoms with E-state index in [1.165, 1.54) is 32.4 Å². The van der Waals surface area contributed by atoms with Gasteiger partial charge in [-0.1, -0.05) is 115 Å². The van der Waals surface area contributed by atoms with E-state index in [-0.39, 0.29) is 6.04 Å². The quantitative estimate of drug-likeness (QED) is 0.159. The fourth-order valence-electron chi connectivity index (χ4n) is 9.88. The predicted molar refractivity (Wildman–Crippen MR) is 241 cm³/mol. The van der Waals surface area contributed by atoms with Crippen molar-refractivity contribution in [2.45, 2.75) is 12.0 Å². The summed E-state index contributed by atoms with van der Waals surface area (Å²) < 4.78 is 8.87. The van der Waals surface area contributed by atoms with Crippen LogP contribution in [-0.4, -0.2) is 28.7 Å². The first-order chi connectivity index (χ1) is 28.8. The third-order valence-electron chi connectivity index (χ3n) is 12.3. The van der Waals surface area contributed by atoms with Gasteiger partial charge in [-0.15, -0.1) is 0 Å². The fourth-order valence-corrected chi connectivity index (χ4v) is 14.3. The van der Waals surface area contributed by atoms with Crippen molar-refractivity contribution in [2.24, 2.45) is 0 Å². The standard InChI is InChI=1S/C52H36N4OSi/c1-5-23-45-39(19-1)40-20-2-6-24-46(40)55(45)35-15-13-17-37(31-35)58(51-27-9-11-29-53-51,52-28-10-12-30-54-52)38-18-14-16-36(32-38)56-47-25-7-3-21-41(47)43-33-44-42-22-4-8-26-49(42)57-50(44)34-48(43)56/h1-34,39,45H. The van der Waals surface area contributed by atoms with Gasteiger partial charge in [-0.25, -0.2) is 0 Å². The molecule has 2 atom stereocenters. The molecular weight excluding hydrogens is 725 g/mol. The average Bonchev–Trinajstić information content (AvgIpc) is 3.94. The van der Waals surface area contributed by atoms with E-state index in [2.05, 4.69) is 179 Å². The van der Waals surface area contributed by atoms with Crippen LogP contribution in [0.1, 0.15) is 11.5 Å². The molecule has 1 aliphatic heterocycles. The molecule has 0 spiro atoms. The zero-order chi connectivity index (χ0) is 38.2. The summed E-state index contributed by atoms with van der Waals surface area (Å²) in [5, 5.41) is 9.16. The average molecular weight is 761 g/mol. The number of anilines is 2. The number of benzene rings is 6. The molecule has 4 aromatic heterocycles. The van der Waals surface area contributed by atoms with Crippen molar-refractivity contribution in [1.82, 2.24) is 14.5 Å². The highest BCUT2D eigenvalue weighted by atomic mass is 28.3. The van der Waals surface area contributed by atoms with E-state index in [0.29, 0.717) is 5.92 Å². The van der Waals surface area contributed by atoms with Gasteiger partial charge in [0.15, 0.2) is 0 Å². The summed E-state index contributed by atoms with van der Waals surface area (Å²) in [5.74, 6) is 0.294. The van der Waals surface area contributed by atoms with Gasteiger partial charge in [-0.2, -0.15) is 0 Å². The van der Waals surface area contributed by atoms with Crippen molar-refractivity contribution in [1.29, 1.82) is 0 Å². The number of aromatic nitrogens is 3. The van der Waals surface area contributed by atoms with Gasteiger partial charge >= 0.3 is 0 Å². The van der Waals surface area contributed by atoms with Crippen LogP contribution in [0, 0.1) is 0 Å². The Hall–Kier alpha value is -7.28. The van der Waals surface area contributed by atoms with Gasteiger partial charge in [0.05, 0.1) is 17.1 Å². The number of nitrogens with zero attached hydrogens (tertiary/aromatic N) is 4. The van der Waals surface area contributed by atoms with Gasteiger partial charge in [-0.05, 0) is 88.7 Å². The summed E-state index contributed by atoms with van der Waals surface area (Å²) in [6, 6.07) is 61.6. The first kappa shape index (κ1) is 32.9. The van der Waals surface area contributed by atoms with Crippen molar-refractivity contribution in [3.05, 3.63) is 212 Å². The molecule has 1 aliphatic carbocycles. The summed E-state index contributed by atoms with van der Waals surface area (Å²) in [4.78, 5) is 13.0. The number of allylic oxidation sites excluding steroid dienone is 2. The molecule has 12 rings (SSSR count). The summed E-state index contributed by atoms with van der Waals surface area (Å²) in [7, 11) is -3.17. The van der Waals surface area contributed by atoms with Gasteiger partial charge in [0.25, 0.3) is 0 Å². The number of para-hydroxylation sites is 3. The van der Waals surface area contributed by atoms with Crippen molar-refractivity contribution in [3.8, 4) is 5.69 Å². The van der Waals surface area contributed by atoms with Gasteiger partial charge in [-0.3, -0.25) is 9.97 Å². The molecule has 0 saturated heterocycles. The summed E-state index contributed by atoms with van der Waals surface area (Å²) in [5.41, 5.74) is 8.88. The minimum absolute atomic E-state index is 0.190. The number of hydrogen-bond donors (Lipinski definition) is 0. The second-order valence-corrected chi connectivity index (χ2v) is 19.0. The Morgan fingerprint density at radius 2 is 1.16 bits per heavy atom. The molecule has 0 fully saturated rings. The Labute approximate surface area is 336 Å². The molecule has 2 aliphatic rings. The molecule has 0 radical (unpaired) electrons. The maximum atomic E-state index is 6.47. The van der Waals surface area contributed by atoms with Crippen molar-refractivity contribution in [3.63, 3.8) is 0 Å². The zero-order valence-electron chi connectivity index (χ0n) is 31.5. The van der Waals surface area contributed by atoms with E-state index >= 15 is 0 Å². The molecule has 6 heteroatoms. The minimum atomic E-state index is -3.17. The van der Waals surface area contributed by atoms with E-state index in [4.69, 9.17) is 14.4 Å². The first-order valence-electron chi connectivity index (χ1n) is 19.9. The van der Waals surface area contributed by atoms with Crippen LogP contribution in [0.15, 0.2) is 211 Å². The highest BCUT2D eigenvalue weighted by Gasteiger charge is 2.46. The summed E-state index contributed by atoms with van der Waals surface area (Å²) >= 11 is 0. The van der Waals surface area contributed by atoms with Crippen LogP contribution in [0.3, 0.4) is 0 Å². The molecule has 0 saturated carbocycles. The van der Waals surface area contributed by atoms with Crippen molar-refractivity contribution in [2.75, 3.05) is 4.90 Å². The van der Waals surface area contributed by atoms with Gasteiger partial charge < -0.3 is 13.9 Å². The molecule has 0 amide bonds. The monoisotopic (exact) mass is 760 g/mol. The number of pyridine rings is 2. The second-order valence-electron chi connectivity index (χ2n) is 15.3. The van der Waals surface area contributed by atoms with Crippen LogP contribution in [-0.2, 0) is 0 Å². The lowest BCUT2D eigenvalue weighted by atomic mass is 9.91. The van der Waals surface area contributed by atoms with E-state index in [1.807, 2.05) is 36.7 Å². The van der Waals surface area contributed by atoms with Crippen LogP contribution in [0.5, 0.6) is 0 Å². The van der Waals surface area contributed by atoms with Crippen LogP contribution in [0.2, 0.25) is 0 Å². The third-order valence-corrected chi connectivity index (χ3v) is 16.8. The highest BCUT2D eigenvalue weighted by molar-refractivity contribution is 7.19. The predicted octanol–water partition coefficient (Wildman–Crippen LogP) is 9.58. The van der Waals surface area contributed by atoms with Crippen LogP contribution in [0.25, 0.3) is 49.4 Å². The van der Waals surface area contributed by atoms with Crippen LogP contribution >= 0.6 is 0 Å². The Morgan fingerprint density at radius 1 is 0.483 bits per heavy atom. The normalized spacial score (nSPS) is 16.1. The molecule has 2 unspecified atom stereocenters. The van der Waals surface area contributed by atoms with E-state index in [1.54, 1.807) is 0 Å². The lowest BCUT2D eigenvalue weighted by Gasteiger charge is -2.34. The van der Waals surface area contributed by atoms with Crippen molar-refractivity contribution < 1.29 is 4.42 Å². The molecule has 274 valence electrons. The molecule has 5 nitrogen and oxygen atoms in total. The van der Waals surface area contributed by atoms with Crippen LogP contribution < -0.4 is 25.9 Å². The maximum Gasteiger partial charge on any atom is 0.223 e. The van der Waals surface area contributed by atoms with Gasteiger partial charge in [0, 0.05) is 73.6 Å². The van der Waals surface area contributed by atoms with Gasteiger partial charge in [0.1, 0.15) is 11.2 Å². The Bertz CT molecular complexity index is 3230. The SMILES string of the molecule is C1=CC2c3ccccc3N(c3cccc([Si](c4cccc(-n5c6ccccc6c6cc7c(cc65)oc5ccccc57)c4)(c4ccccn4)c4ccccn4)c3)C2C=C1. The largest absolute Gasteiger partial charge is 0.456 e. The van der Waals surface area contributed by atoms with Crippen molar-refractivity contribution >= 4 is 84.2 Å². The molecule has 58 heavy (non-hydrogen) atoms. The Kier molecular flexibility index (Phi) is 7.31. The first-order valence-corrected chi connectivity index (χ1v) is 21.9. The molecule has 6 aromatic carbocycles. The Morgan fingerprint density at radius 3 is 1.95 bits per heavy atom. The number of rotatable bonds is 6. The minimum Gasteiger partial charge on any atom is -0.456 e. The molecule has 0 N–H and O–H groups in total. The Balaban J connectivity index is 1.12. The summed E-state index contributed by atoms with van der Waals surface area (Å²) in [6.07, 6.45) is 12.9.